The fraction of sp³-hybridized carbons (Fsp3) is 0.348. The van der Waals surface area contributed by atoms with E-state index in [0.717, 1.165) is 30.5 Å². The van der Waals surface area contributed by atoms with E-state index in [0.29, 0.717) is 6.04 Å². The number of aryl methyl sites for hydroxylation is 1. The normalized spacial score (nSPS) is 18.1. The van der Waals surface area contributed by atoms with Crippen LogP contribution < -0.4 is 5.32 Å². The molecule has 0 amide bonds. The van der Waals surface area contributed by atoms with Crippen LogP contribution in [0, 0.1) is 0 Å². The fourth-order valence-corrected chi connectivity index (χ4v) is 3.05. The number of nitrogens with zero attached hydrogens (tertiary/aromatic N) is 1. The van der Waals surface area contributed by atoms with Crippen LogP contribution in [0.25, 0.3) is 0 Å². The van der Waals surface area contributed by atoms with E-state index in [4.69, 9.17) is 0 Å². The molecule has 1 N–H and O–H groups in total. The third kappa shape index (κ3) is 5.32. The number of nitrogens with one attached hydrogen (secondary N) is 1. The lowest BCUT2D eigenvalue weighted by Gasteiger charge is -2.21. The van der Waals surface area contributed by atoms with Gasteiger partial charge in [-0.3, -0.25) is 4.99 Å². The minimum atomic E-state index is 0.316. The maximum atomic E-state index is 4.65. The Hall–Kier alpha value is -2.35. The molecule has 1 aliphatic carbocycles. The molecule has 0 saturated heterocycles. The molecule has 25 heavy (non-hydrogen) atoms. The molecule has 132 valence electrons. The van der Waals surface area contributed by atoms with E-state index < -0.39 is 0 Å². The Morgan fingerprint density at radius 2 is 2.16 bits per heavy atom. The molecule has 2 nitrogen and oxygen atoms in total. The Balaban J connectivity index is 2.01. The summed E-state index contributed by atoms with van der Waals surface area (Å²) in [6.07, 6.45) is 11.5. The molecule has 0 saturated carbocycles. The predicted octanol–water partition coefficient (Wildman–Crippen LogP) is 6.25. The molecule has 1 aromatic rings. The number of benzene rings is 1. The van der Waals surface area contributed by atoms with Crippen LogP contribution in [0.5, 0.6) is 0 Å². The van der Waals surface area contributed by atoms with Gasteiger partial charge in [-0.2, -0.15) is 0 Å². The number of aliphatic imine (C=N–C) groups is 1. The van der Waals surface area contributed by atoms with Gasteiger partial charge in [-0.05, 0) is 67.5 Å². The van der Waals surface area contributed by atoms with Gasteiger partial charge in [0.2, 0.25) is 0 Å². The van der Waals surface area contributed by atoms with Crippen LogP contribution in [0.1, 0.15) is 46.1 Å². The molecule has 1 aromatic carbocycles. The van der Waals surface area contributed by atoms with Crippen LogP contribution in [-0.4, -0.2) is 12.3 Å². The molecule has 2 rings (SSSR count). The van der Waals surface area contributed by atoms with Crippen molar-refractivity contribution < 1.29 is 0 Å². The highest BCUT2D eigenvalue weighted by molar-refractivity contribution is 5.84. The number of anilines is 1. The van der Waals surface area contributed by atoms with Gasteiger partial charge < -0.3 is 5.32 Å². The summed E-state index contributed by atoms with van der Waals surface area (Å²) in [5.41, 5.74) is 7.04. The number of hydrogen-bond donors (Lipinski definition) is 1. The number of allylic oxidation sites excluding steroid dienone is 4. The van der Waals surface area contributed by atoms with Crippen LogP contribution in [0.2, 0.25) is 0 Å². The predicted molar refractivity (Wildman–Crippen MR) is 111 cm³/mol. The maximum Gasteiger partial charge on any atom is 0.0617 e. The highest BCUT2D eigenvalue weighted by Crippen LogP contribution is 2.23. The monoisotopic (exact) mass is 334 g/mol. The molecule has 0 radical (unpaired) electrons. The topological polar surface area (TPSA) is 24.4 Å². The zero-order valence-electron chi connectivity index (χ0n) is 16.0. The van der Waals surface area contributed by atoms with Gasteiger partial charge in [0.1, 0.15) is 0 Å². The molecule has 0 spiro atoms. The van der Waals surface area contributed by atoms with Gasteiger partial charge >= 0.3 is 0 Å². The van der Waals surface area contributed by atoms with Crippen LogP contribution >= 0.6 is 0 Å². The standard InChI is InChI=1S/C23H30N2/c1-6-19-10-9-11-21(15-19)25-22-12-13-23(17(4)14-22)24-16-18(5)20(7-2)8-3/h7,9-11,13-16,22,25H,5-6,8,12H2,1-4H3/b20-7+,24-16-. The maximum absolute atomic E-state index is 4.65. The largest absolute Gasteiger partial charge is 0.379 e. The van der Waals surface area contributed by atoms with Crippen molar-refractivity contribution in [2.45, 2.75) is 53.0 Å². The number of hydrogen-bond acceptors (Lipinski definition) is 2. The van der Waals surface area contributed by atoms with Crippen LogP contribution in [0.4, 0.5) is 5.69 Å². The Morgan fingerprint density at radius 1 is 1.36 bits per heavy atom. The lowest BCUT2D eigenvalue weighted by molar-refractivity contribution is 0.856. The highest BCUT2D eigenvalue weighted by Gasteiger charge is 2.12. The van der Waals surface area contributed by atoms with E-state index >= 15 is 0 Å². The second-order valence-corrected chi connectivity index (χ2v) is 6.43. The SMILES string of the molecule is C=C(/C=N\C1=CCC(Nc2cccc(CC)c2)C=C1C)/C(=C/C)CC. The van der Waals surface area contributed by atoms with Crippen molar-refractivity contribution in [3.05, 3.63) is 77.1 Å². The Bertz CT molecular complexity index is 732. The number of rotatable bonds is 7. The average molecular weight is 335 g/mol. The molecule has 0 aromatic heterocycles. The van der Waals surface area contributed by atoms with Gasteiger partial charge in [-0.25, -0.2) is 0 Å². The van der Waals surface area contributed by atoms with Crippen molar-refractivity contribution in [2.24, 2.45) is 4.99 Å². The first-order valence-electron chi connectivity index (χ1n) is 9.20. The van der Waals surface area contributed by atoms with E-state index in [-0.39, 0.29) is 0 Å². The summed E-state index contributed by atoms with van der Waals surface area (Å²) in [4.78, 5) is 4.65. The molecule has 2 heteroatoms. The second kappa shape index (κ2) is 9.22. The van der Waals surface area contributed by atoms with Crippen molar-refractivity contribution in [3.8, 4) is 0 Å². The van der Waals surface area contributed by atoms with E-state index in [2.05, 4.69) is 80.2 Å². The quantitative estimate of drug-likeness (QED) is 0.463. The van der Waals surface area contributed by atoms with Gasteiger partial charge in [-0.15, -0.1) is 0 Å². The first-order chi connectivity index (χ1) is 12.1. The summed E-state index contributed by atoms with van der Waals surface area (Å²) in [5.74, 6) is 0. The molecule has 0 fully saturated rings. The Morgan fingerprint density at radius 3 is 2.80 bits per heavy atom. The van der Waals surface area contributed by atoms with E-state index in [9.17, 15) is 0 Å². The molecule has 1 aliphatic rings. The molecule has 0 bridgehead atoms. The summed E-state index contributed by atoms with van der Waals surface area (Å²) >= 11 is 0. The zero-order valence-corrected chi connectivity index (χ0v) is 16.0. The van der Waals surface area contributed by atoms with E-state index in [1.807, 2.05) is 13.1 Å². The van der Waals surface area contributed by atoms with E-state index in [1.165, 1.54) is 22.4 Å². The van der Waals surface area contributed by atoms with Crippen LogP contribution in [-0.2, 0) is 6.42 Å². The molecule has 1 atom stereocenters. The summed E-state index contributed by atoms with van der Waals surface area (Å²) in [7, 11) is 0. The van der Waals surface area contributed by atoms with Crippen LogP contribution in [0.3, 0.4) is 0 Å². The van der Waals surface area contributed by atoms with Crippen molar-refractivity contribution in [1.82, 2.24) is 0 Å². The molecule has 0 aliphatic heterocycles. The van der Waals surface area contributed by atoms with Crippen molar-refractivity contribution in [2.75, 3.05) is 5.32 Å². The third-order valence-electron chi connectivity index (χ3n) is 4.61. The summed E-state index contributed by atoms with van der Waals surface area (Å²) in [6.45, 7) is 12.6. The Kier molecular flexibility index (Phi) is 7.00. The lowest BCUT2D eigenvalue weighted by atomic mass is 10.00. The molecule has 1 unspecified atom stereocenters. The van der Waals surface area contributed by atoms with Crippen molar-refractivity contribution in [3.63, 3.8) is 0 Å². The van der Waals surface area contributed by atoms with Crippen molar-refractivity contribution in [1.29, 1.82) is 0 Å². The van der Waals surface area contributed by atoms with Gasteiger partial charge in [0.15, 0.2) is 0 Å². The first kappa shape index (κ1) is 19.0. The smallest absolute Gasteiger partial charge is 0.0617 e. The average Bonchev–Trinajstić information content (AvgIpc) is 2.62. The molecular weight excluding hydrogens is 304 g/mol. The lowest BCUT2D eigenvalue weighted by Crippen LogP contribution is -2.19. The van der Waals surface area contributed by atoms with E-state index in [1.54, 1.807) is 0 Å². The molecular formula is C23H30N2. The minimum Gasteiger partial charge on any atom is -0.379 e. The first-order valence-corrected chi connectivity index (χ1v) is 9.20. The Labute approximate surface area is 152 Å². The zero-order chi connectivity index (χ0) is 18.2. The fourth-order valence-electron chi connectivity index (χ4n) is 3.05. The third-order valence-corrected chi connectivity index (χ3v) is 4.61. The van der Waals surface area contributed by atoms with Gasteiger partial charge in [0.05, 0.1) is 5.70 Å². The molecule has 0 heterocycles. The minimum absolute atomic E-state index is 0.316. The van der Waals surface area contributed by atoms with Gasteiger partial charge in [0, 0.05) is 17.9 Å². The second-order valence-electron chi connectivity index (χ2n) is 6.43. The summed E-state index contributed by atoms with van der Waals surface area (Å²) in [5, 5.41) is 3.61. The summed E-state index contributed by atoms with van der Waals surface area (Å²) in [6, 6.07) is 8.96. The van der Waals surface area contributed by atoms with Crippen LogP contribution in [0.15, 0.2) is 76.5 Å². The highest BCUT2D eigenvalue weighted by atomic mass is 14.9. The summed E-state index contributed by atoms with van der Waals surface area (Å²) < 4.78 is 0. The van der Waals surface area contributed by atoms with Gasteiger partial charge in [-0.1, -0.05) is 50.8 Å². The van der Waals surface area contributed by atoms with Crippen molar-refractivity contribution >= 4 is 11.9 Å². The van der Waals surface area contributed by atoms with Gasteiger partial charge in [0.25, 0.3) is 0 Å².